The van der Waals surface area contributed by atoms with Crippen molar-refractivity contribution in [2.75, 3.05) is 11.9 Å². The number of anilines is 1. The average Bonchev–Trinajstić information content (AvgIpc) is 3.35. The van der Waals surface area contributed by atoms with Gasteiger partial charge in [0.1, 0.15) is 0 Å². The second kappa shape index (κ2) is 5.14. The van der Waals surface area contributed by atoms with Crippen LogP contribution in [0.1, 0.15) is 35.4 Å². The van der Waals surface area contributed by atoms with Gasteiger partial charge in [0.25, 0.3) is 5.91 Å². The van der Waals surface area contributed by atoms with Crippen molar-refractivity contribution in [1.29, 1.82) is 0 Å². The summed E-state index contributed by atoms with van der Waals surface area (Å²) in [6.45, 7) is 0.156. The Labute approximate surface area is 125 Å². The van der Waals surface area contributed by atoms with E-state index in [2.05, 4.69) is 10.6 Å². The number of hydrogen-bond acceptors (Lipinski definition) is 4. The Bertz CT molecular complexity index is 602. The molecular weight excluding hydrogens is 292 g/mol. The van der Waals surface area contributed by atoms with E-state index < -0.39 is 11.4 Å². The van der Waals surface area contributed by atoms with Gasteiger partial charge in [-0.2, -0.15) is 0 Å². The highest BCUT2D eigenvalue weighted by Gasteiger charge is 2.50. The molecule has 0 spiro atoms. The van der Waals surface area contributed by atoms with E-state index in [1.165, 1.54) is 11.3 Å². The third kappa shape index (κ3) is 3.07. The van der Waals surface area contributed by atoms with Crippen LogP contribution in [0.4, 0.5) is 5.00 Å². The maximum Gasteiger partial charge on any atom is 0.311 e. The molecule has 0 saturated heterocycles. The van der Waals surface area contributed by atoms with E-state index in [1.54, 1.807) is 12.1 Å². The zero-order chi connectivity index (χ0) is 15.0. The lowest BCUT2D eigenvalue weighted by Crippen LogP contribution is -2.33. The first-order chi connectivity index (χ1) is 10.00. The molecule has 21 heavy (non-hydrogen) atoms. The molecule has 2 aliphatic carbocycles. The second-order valence-corrected chi connectivity index (χ2v) is 6.78. The van der Waals surface area contributed by atoms with Crippen LogP contribution >= 0.6 is 11.3 Å². The fourth-order valence-electron chi connectivity index (χ4n) is 2.05. The number of rotatable bonds is 6. The summed E-state index contributed by atoms with van der Waals surface area (Å²) >= 11 is 1.20. The van der Waals surface area contributed by atoms with Gasteiger partial charge in [0.05, 0.1) is 15.3 Å². The van der Waals surface area contributed by atoms with Gasteiger partial charge < -0.3 is 15.7 Å². The highest BCUT2D eigenvalue weighted by molar-refractivity contribution is 7.18. The van der Waals surface area contributed by atoms with Gasteiger partial charge in [0, 0.05) is 12.5 Å². The molecule has 7 heteroatoms. The molecule has 0 bridgehead atoms. The summed E-state index contributed by atoms with van der Waals surface area (Å²) in [7, 11) is 0. The Kier molecular flexibility index (Phi) is 3.44. The van der Waals surface area contributed by atoms with Crippen molar-refractivity contribution in [3.05, 3.63) is 17.0 Å². The predicted octanol–water partition coefficient (Wildman–Crippen LogP) is 1.69. The number of amides is 2. The first-order valence-electron chi connectivity index (χ1n) is 6.92. The Morgan fingerprint density at radius 3 is 2.57 bits per heavy atom. The molecule has 0 aliphatic heterocycles. The number of carboxylic acid groups (broad SMARTS) is 1. The van der Waals surface area contributed by atoms with Crippen molar-refractivity contribution in [2.24, 2.45) is 11.3 Å². The molecule has 0 atom stereocenters. The highest BCUT2D eigenvalue weighted by atomic mass is 32.1. The van der Waals surface area contributed by atoms with E-state index in [4.69, 9.17) is 5.11 Å². The largest absolute Gasteiger partial charge is 0.481 e. The summed E-state index contributed by atoms with van der Waals surface area (Å²) < 4.78 is 0. The lowest BCUT2D eigenvalue weighted by atomic mass is 10.1. The average molecular weight is 308 g/mol. The third-order valence-electron chi connectivity index (χ3n) is 3.92. The lowest BCUT2D eigenvalue weighted by molar-refractivity contribution is -0.143. The number of carbonyl (C=O) groups excluding carboxylic acids is 2. The standard InChI is InChI=1S/C14H16N2O4S/c17-11(8-1-2-8)16-10-4-3-9(21-10)12(18)15-7-14(5-6-14)13(19)20/h3-4,8H,1-2,5-7H2,(H,15,18)(H,16,17)(H,19,20). The first-order valence-corrected chi connectivity index (χ1v) is 7.74. The van der Waals surface area contributed by atoms with Crippen LogP contribution in [0.25, 0.3) is 0 Å². The van der Waals surface area contributed by atoms with Crippen LogP contribution in [-0.4, -0.2) is 29.4 Å². The summed E-state index contributed by atoms with van der Waals surface area (Å²) in [6.07, 6.45) is 3.08. The minimum Gasteiger partial charge on any atom is -0.481 e. The molecule has 6 nitrogen and oxygen atoms in total. The first kappa shape index (κ1) is 14.1. The quantitative estimate of drug-likeness (QED) is 0.745. The van der Waals surface area contributed by atoms with Gasteiger partial charge in [-0.25, -0.2) is 0 Å². The number of aliphatic carboxylic acids is 1. The van der Waals surface area contributed by atoms with E-state index in [1.807, 2.05) is 0 Å². The second-order valence-electron chi connectivity index (χ2n) is 5.70. The fraction of sp³-hybridized carbons (Fsp3) is 0.500. The zero-order valence-electron chi connectivity index (χ0n) is 11.3. The van der Waals surface area contributed by atoms with Crippen molar-refractivity contribution >= 4 is 34.1 Å². The van der Waals surface area contributed by atoms with E-state index in [0.29, 0.717) is 22.7 Å². The van der Waals surface area contributed by atoms with Gasteiger partial charge in [-0.3, -0.25) is 14.4 Å². The summed E-state index contributed by atoms with van der Waals surface area (Å²) in [5.74, 6) is -1.02. The van der Waals surface area contributed by atoms with Crippen LogP contribution in [0.5, 0.6) is 0 Å². The summed E-state index contributed by atoms with van der Waals surface area (Å²) in [5.41, 5.74) is -0.768. The molecule has 1 aromatic rings. The molecule has 0 radical (unpaired) electrons. The van der Waals surface area contributed by atoms with E-state index in [-0.39, 0.29) is 24.3 Å². The molecule has 112 valence electrons. The van der Waals surface area contributed by atoms with Crippen LogP contribution in [0.3, 0.4) is 0 Å². The van der Waals surface area contributed by atoms with Crippen molar-refractivity contribution in [1.82, 2.24) is 5.32 Å². The Balaban J connectivity index is 1.54. The molecule has 0 aromatic carbocycles. The van der Waals surface area contributed by atoms with Gasteiger partial charge in [-0.1, -0.05) is 0 Å². The number of carbonyl (C=O) groups is 3. The number of carboxylic acids is 1. The normalized spacial score (nSPS) is 18.9. The van der Waals surface area contributed by atoms with E-state index in [9.17, 15) is 14.4 Å². The monoisotopic (exact) mass is 308 g/mol. The number of hydrogen-bond donors (Lipinski definition) is 3. The number of thiophene rings is 1. The van der Waals surface area contributed by atoms with Crippen LogP contribution in [0.2, 0.25) is 0 Å². The summed E-state index contributed by atoms with van der Waals surface area (Å²) in [4.78, 5) is 35.1. The Morgan fingerprint density at radius 2 is 2.00 bits per heavy atom. The molecule has 2 amide bonds. The molecule has 2 aliphatic rings. The highest BCUT2D eigenvalue weighted by Crippen LogP contribution is 2.45. The van der Waals surface area contributed by atoms with Crippen LogP contribution in [0.15, 0.2) is 12.1 Å². The molecule has 1 aromatic heterocycles. The number of nitrogens with one attached hydrogen (secondary N) is 2. The minimum absolute atomic E-state index is 0.00613. The SMILES string of the molecule is O=C(NCC1(C(=O)O)CC1)c1ccc(NC(=O)C2CC2)s1. The van der Waals surface area contributed by atoms with Gasteiger partial charge in [0.15, 0.2) is 0 Å². The van der Waals surface area contributed by atoms with Crippen molar-refractivity contribution in [3.63, 3.8) is 0 Å². The van der Waals surface area contributed by atoms with Crippen molar-refractivity contribution in [2.45, 2.75) is 25.7 Å². The van der Waals surface area contributed by atoms with E-state index >= 15 is 0 Å². The summed E-state index contributed by atoms with van der Waals surface area (Å²) in [5, 5.41) is 15.2. The van der Waals surface area contributed by atoms with Gasteiger partial charge in [-0.15, -0.1) is 11.3 Å². The maximum absolute atomic E-state index is 12.0. The van der Waals surface area contributed by atoms with E-state index in [0.717, 1.165) is 12.8 Å². The third-order valence-corrected chi connectivity index (χ3v) is 4.92. The molecule has 3 rings (SSSR count). The smallest absolute Gasteiger partial charge is 0.311 e. The molecule has 2 saturated carbocycles. The molecule has 1 heterocycles. The fourth-order valence-corrected chi connectivity index (χ4v) is 2.88. The molecule has 0 unspecified atom stereocenters. The Morgan fingerprint density at radius 1 is 1.29 bits per heavy atom. The predicted molar refractivity (Wildman–Crippen MR) is 77.3 cm³/mol. The minimum atomic E-state index is -0.855. The molecular formula is C14H16N2O4S. The maximum atomic E-state index is 12.0. The molecule has 2 fully saturated rings. The Hall–Kier alpha value is -1.89. The van der Waals surface area contributed by atoms with Crippen molar-refractivity contribution in [3.8, 4) is 0 Å². The zero-order valence-corrected chi connectivity index (χ0v) is 12.2. The summed E-state index contributed by atoms with van der Waals surface area (Å²) in [6, 6.07) is 3.34. The van der Waals surface area contributed by atoms with Crippen LogP contribution < -0.4 is 10.6 Å². The van der Waals surface area contributed by atoms with Gasteiger partial charge in [0.2, 0.25) is 5.91 Å². The van der Waals surface area contributed by atoms with Crippen molar-refractivity contribution < 1.29 is 19.5 Å². The van der Waals surface area contributed by atoms with Gasteiger partial charge >= 0.3 is 5.97 Å². The molecule has 3 N–H and O–H groups in total. The van der Waals surface area contributed by atoms with Crippen LogP contribution in [-0.2, 0) is 9.59 Å². The topological polar surface area (TPSA) is 95.5 Å². The van der Waals surface area contributed by atoms with Crippen LogP contribution in [0, 0.1) is 11.3 Å². The lowest BCUT2D eigenvalue weighted by Gasteiger charge is -2.10. The van der Waals surface area contributed by atoms with Gasteiger partial charge in [-0.05, 0) is 37.8 Å².